The molecule has 2 saturated heterocycles. The number of hydrogen-bond donors (Lipinski definition) is 0. The van der Waals surface area contributed by atoms with Crippen molar-refractivity contribution >= 4 is 35.0 Å². The summed E-state index contributed by atoms with van der Waals surface area (Å²) in [6.07, 6.45) is 3.41. The third-order valence-electron chi connectivity index (χ3n) is 5.49. The van der Waals surface area contributed by atoms with Crippen LogP contribution in [0.4, 0.5) is 0 Å². The van der Waals surface area contributed by atoms with Crippen LogP contribution in [0.25, 0.3) is 0 Å². The van der Waals surface area contributed by atoms with Gasteiger partial charge in [-0.1, -0.05) is 23.2 Å². The van der Waals surface area contributed by atoms with E-state index < -0.39 is 0 Å². The predicted octanol–water partition coefficient (Wildman–Crippen LogP) is 2.92. The quantitative estimate of drug-likeness (QED) is 0.724. The number of nitrogens with zero attached hydrogens (tertiary/aromatic N) is 3. The van der Waals surface area contributed by atoms with Crippen LogP contribution in [0.3, 0.4) is 0 Å². The van der Waals surface area contributed by atoms with E-state index in [1.807, 2.05) is 11.8 Å². The normalized spacial score (nSPS) is 19.4. The summed E-state index contributed by atoms with van der Waals surface area (Å²) in [5, 5.41) is 0.845. The van der Waals surface area contributed by atoms with Crippen molar-refractivity contribution in [1.82, 2.24) is 14.7 Å². The van der Waals surface area contributed by atoms with Crippen LogP contribution in [0.2, 0.25) is 10.0 Å². The second-order valence-corrected chi connectivity index (χ2v) is 8.16. The maximum Gasteiger partial charge on any atom is 0.260 e. The zero-order valence-electron chi connectivity index (χ0n) is 16.2. The average Bonchev–Trinajstić information content (AvgIpc) is 2.74. The summed E-state index contributed by atoms with van der Waals surface area (Å²) >= 11 is 11.8. The van der Waals surface area contributed by atoms with Gasteiger partial charge in [-0.3, -0.25) is 14.5 Å². The molecule has 154 valence electrons. The molecular formula is C20H27Cl2N3O3. The van der Waals surface area contributed by atoms with Crippen molar-refractivity contribution in [2.45, 2.75) is 32.2 Å². The van der Waals surface area contributed by atoms with Crippen molar-refractivity contribution in [3.05, 3.63) is 28.2 Å². The van der Waals surface area contributed by atoms with Crippen molar-refractivity contribution in [3.63, 3.8) is 0 Å². The van der Waals surface area contributed by atoms with E-state index in [1.165, 1.54) is 6.42 Å². The van der Waals surface area contributed by atoms with Crippen molar-refractivity contribution in [1.29, 1.82) is 0 Å². The molecule has 2 aliphatic heterocycles. The Hall–Kier alpha value is -1.50. The third kappa shape index (κ3) is 5.31. The highest BCUT2D eigenvalue weighted by atomic mass is 35.5. The molecule has 0 bridgehead atoms. The van der Waals surface area contributed by atoms with E-state index in [4.69, 9.17) is 27.9 Å². The largest absolute Gasteiger partial charge is 0.484 e. The molecule has 0 saturated carbocycles. The van der Waals surface area contributed by atoms with Crippen molar-refractivity contribution in [2.24, 2.45) is 0 Å². The van der Waals surface area contributed by atoms with Crippen LogP contribution in [-0.2, 0) is 9.59 Å². The van der Waals surface area contributed by atoms with E-state index in [1.54, 1.807) is 23.1 Å². The minimum atomic E-state index is -0.136. The first-order valence-corrected chi connectivity index (χ1v) is 10.6. The van der Waals surface area contributed by atoms with Gasteiger partial charge in [0.05, 0.1) is 16.1 Å². The molecule has 0 aliphatic carbocycles. The van der Waals surface area contributed by atoms with Gasteiger partial charge in [-0.2, -0.15) is 0 Å². The Labute approximate surface area is 176 Å². The van der Waals surface area contributed by atoms with Crippen LogP contribution in [0.5, 0.6) is 5.75 Å². The second-order valence-electron chi connectivity index (χ2n) is 7.34. The van der Waals surface area contributed by atoms with E-state index in [0.29, 0.717) is 42.0 Å². The molecule has 3 rings (SSSR count). The standard InChI is InChI=1S/C20H27Cl2N3O3/c1-15(20(27)25-7-3-2-4-8-25)23-9-11-24(12-10-23)19(26)14-28-16-5-6-17(21)18(22)13-16/h5-6,13,15H,2-4,7-12,14H2,1H3. The lowest BCUT2D eigenvalue weighted by atomic mass is 10.1. The first-order chi connectivity index (χ1) is 13.5. The molecule has 28 heavy (non-hydrogen) atoms. The SMILES string of the molecule is CC(C(=O)N1CCCCC1)N1CCN(C(=O)COc2ccc(Cl)c(Cl)c2)CC1. The van der Waals surface area contributed by atoms with Gasteiger partial charge in [-0.15, -0.1) is 0 Å². The average molecular weight is 428 g/mol. The number of likely N-dealkylation sites (tertiary alicyclic amines) is 1. The lowest BCUT2D eigenvalue weighted by Gasteiger charge is -2.39. The molecule has 2 fully saturated rings. The van der Waals surface area contributed by atoms with Gasteiger partial charge in [0.1, 0.15) is 5.75 Å². The molecule has 2 aliphatic rings. The van der Waals surface area contributed by atoms with Crippen LogP contribution < -0.4 is 4.74 Å². The topological polar surface area (TPSA) is 53.1 Å². The minimum absolute atomic E-state index is 0.0414. The van der Waals surface area contributed by atoms with E-state index >= 15 is 0 Å². The number of piperazine rings is 1. The van der Waals surface area contributed by atoms with Crippen LogP contribution >= 0.6 is 23.2 Å². The predicted molar refractivity (Wildman–Crippen MR) is 110 cm³/mol. The monoisotopic (exact) mass is 427 g/mol. The Morgan fingerprint density at radius 1 is 0.964 bits per heavy atom. The van der Waals surface area contributed by atoms with Crippen molar-refractivity contribution in [3.8, 4) is 5.75 Å². The molecule has 1 aromatic rings. The van der Waals surface area contributed by atoms with Gasteiger partial charge in [0.2, 0.25) is 5.91 Å². The number of halogens is 2. The Morgan fingerprint density at radius 2 is 1.64 bits per heavy atom. The fourth-order valence-electron chi connectivity index (χ4n) is 3.70. The molecule has 0 spiro atoms. The Bertz CT molecular complexity index is 702. The Balaban J connectivity index is 1.44. The number of carbonyl (C=O) groups excluding carboxylic acids is 2. The summed E-state index contributed by atoms with van der Waals surface area (Å²) < 4.78 is 5.54. The molecule has 6 nitrogen and oxygen atoms in total. The first kappa shape index (κ1) is 21.2. The Kier molecular flexibility index (Phi) is 7.43. The van der Waals surface area contributed by atoms with Crippen LogP contribution in [-0.4, -0.2) is 78.4 Å². The van der Waals surface area contributed by atoms with Gasteiger partial charge in [0.25, 0.3) is 5.91 Å². The van der Waals surface area contributed by atoms with Gasteiger partial charge in [-0.25, -0.2) is 0 Å². The zero-order valence-corrected chi connectivity index (χ0v) is 17.7. The van der Waals surface area contributed by atoms with Crippen molar-refractivity contribution < 1.29 is 14.3 Å². The van der Waals surface area contributed by atoms with Crippen LogP contribution in [0.1, 0.15) is 26.2 Å². The minimum Gasteiger partial charge on any atom is -0.484 e. The summed E-state index contributed by atoms with van der Waals surface area (Å²) in [6.45, 7) is 6.25. The van der Waals surface area contributed by atoms with Gasteiger partial charge >= 0.3 is 0 Å². The second kappa shape index (κ2) is 9.81. The van der Waals surface area contributed by atoms with Gasteiger partial charge in [0.15, 0.2) is 6.61 Å². The number of rotatable bonds is 5. The summed E-state index contributed by atoms with van der Waals surface area (Å²) in [5.74, 6) is 0.658. The lowest BCUT2D eigenvalue weighted by molar-refractivity contribution is -0.140. The highest BCUT2D eigenvalue weighted by molar-refractivity contribution is 6.42. The number of ether oxygens (including phenoxy) is 1. The molecule has 0 N–H and O–H groups in total. The lowest BCUT2D eigenvalue weighted by Crippen LogP contribution is -2.56. The zero-order chi connectivity index (χ0) is 20.1. The van der Waals surface area contributed by atoms with Gasteiger partial charge in [-0.05, 0) is 38.3 Å². The summed E-state index contributed by atoms with van der Waals surface area (Å²) in [4.78, 5) is 31.1. The van der Waals surface area contributed by atoms with Gasteiger partial charge in [0, 0.05) is 45.3 Å². The molecular weight excluding hydrogens is 401 g/mol. The highest BCUT2D eigenvalue weighted by Gasteiger charge is 2.30. The molecule has 0 radical (unpaired) electrons. The molecule has 1 unspecified atom stereocenters. The van der Waals surface area contributed by atoms with E-state index in [2.05, 4.69) is 4.90 Å². The van der Waals surface area contributed by atoms with Crippen molar-refractivity contribution in [2.75, 3.05) is 45.9 Å². The smallest absolute Gasteiger partial charge is 0.260 e. The van der Waals surface area contributed by atoms with E-state index in [0.717, 1.165) is 25.9 Å². The van der Waals surface area contributed by atoms with E-state index in [-0.39, 0.29) is 24.5 Å². The van der Waals surface area contributed by atoms with Gasteiger partial charge < -0.3 is 14.5 Å². The maximum absolute atomic E-state index is 12.7. The molecule has 2 heterocycles. The molecule has 8 heteroatoms. The maximum atomic E-state index is 12.7. The highest BCUT2D eigenvalue weighted by Crippen LogP contribution is 2.26. The number of hydrogen-bond acceptors (Lipinski definition) is 4. The fourth-order valence-corrected chi connectivity index (χ4v) is 3.98. The Morgan fingerprint density at radius 3 is 2.29 bits per heavy atom. The first-order valence-electron chi connectivity index (χ1n) is 9.84. The van der Waals surface area contributed by atoms with Crippen LogP contribution in [0.15, 0.2) is 18.2 Å². The summed E-state index contributed by atoms with van der Waals surface area (Å²) in [5.41, 5.74) is 0. The number of piperidine rings is 1. The molecule has 1 aromatic carbocycles. The number of benzene rings is 1. The summed E-state index contributed by atoms with van der Waals surface area (Å²) in [7, 11) is 0. The van der Waals surface area contributed by atoms with Crippen LogP contribution in [0, 0.1) is 0 Å². The number of amides is 2. The molecule has 0 aromatic heterocycles. The third-order valence-corrected chi connectivity index (χ3v) is 6.23. The molecule has 1 atom stereocenters. The number of carbonyl (C=O) groups is 2. The fraction of sp³-hybridized carbons (Fsp3) is 0.600. The van der Waals surface area contributed by atoms with E-state index in [9.17, 15) is 9.59 Å². The molecule has 2 amide bonds. The summed E-state index contributed by atoms with van der Waals surface area (Å²) in [6, 6.07) is 4.79.